The van der Waals surface area contributed by atoms with Gasteiger partial charge in [0.25, 0.3) is 0 Å². The van der Waals surface area contributed by atoms with Gasteiger partial charge in [-0.05, 0) is 42.9 Å². The molecule has 1 saturated heterocycles. The van der Waals surface area contributed by atoms with Crippen LogP contribution in [0.5, 0.6) is 0 Å². The van der Waals surface area contributed by atoms with Gasteiger partial charge in [0.05, 0.1) is 126 Å². The average molecular weight is 1160 g/mol. The summed E-state index contributed by atoms with van der Waals surface area (Å²) in [4.78, 5) is 116. The highest BCUT2D eigenvalue weighted by Gasteiger charge is 2.38. The van der Waals surface area contributed by atoms with Crippen LogP contribution < -0.4 is 37.6 Å². The average Bonchev–Trinajstić information content (AvgIpc) is 3.66. The summed E-state index contributed by atoms with van der Waals surface area (Å²) in [6, 6.07) is 1.90. The van der Waals surface area contributed by atoms with Crippen LogP contribution in [0.1, 0.15) is 65.4 Å². The molecular formula is C53H88N8O20. The van der Waals surface area contributed by atoms with E-state index in [4.69, 9.17) is 57.8 Å². The van der Waals surface area contributed by atoms with Crippen LogP contribution in [0, 0.1) is 11.8 Å². The van der Waals surface area contributed by atoms with E-state index in [1.807, 2.05) is 0 Å². The number of nitrogens with zero attached hydrogens (tertiary/aromatic N) is 1. The standard InChI is InChI=1S/C53H88N8O20/c1-38(2)48(51(68)59-43(7-6-14-56-53(54)70)49(66)57-42-10-8-41(9-11-42)37-81-40(4)62)60-50(67)44(58-46(64)36-61-47(65)35-39(3)52(61)69)12-15-55-45(63)13-16-72-19-20-74-23-24-76-27-28-78-31-32-80-34-33-79-30-29-77-26-25-75-22-21-73-18-17-71-5/h8-11,38-39,43-44,48H,6-7,12-37H2,1-5H3,(H,55,63)(H,57,66)(H,58,64)(H,59,68)(H,60,67)(H3,54,56,70)/t39?,43-,44-,48-/m0/s1. The number of hydrogen-bond acceptors (Lipinski definition) is 20. The van der Waals surface area contributed by atoms with Gasteiger partial charge in [0, 0.05) is 51.6 Å². The number of methoxy groups -OCH3 is 1. The molecule has 1 aromatic rings. The van der Waals surface area contributed by atoms with Gasteiger partial charge in [-0.2, -0.15) is 0 Å². The van der Waals surface area contributed by atoms with Gasteiger partial charge in [0.1, 0.15) is 31.3 Å². The Kier molecular flexibility index (Phi) is 39.2. The normalized spacial score (nSPS) is 14.3. The first-order chi connectivity index (χ1) is 39.0. The molecule has 1 heterocycles. The number of ether oxygens (including phenoxy) is 11. The molecule has 81 heavy (non-hydrogen) atoms. The second-order valence-electron chi connectivity index (χ2n) is 18.6. The van der Waals surface area contributed by atoms with Crippen LogP contribution in [0.15, 0.2) is 24.3 Å². The summed E-state index contributed by atoms with van der Waals surface area (Å²) in [6.07, 6.45) is -0.00388. The lowest BCUT2D eigenvalue weighted by molar-refractivity contribution is -0.143. The number of benzene rings is 1. The number of imide groups is 1. The summed E-state index contributed by atoms with van der Waals surface area (Å²) >= 11 is 0. The molecule has 1 aromatic carbocycles. The Morgan fingerprint density at radius 2 is 1.07 bits per heavy atom. The predicted octanol–water partition coefficient (Wildman–Crippen LogP) is -0.666. The lowest BCUT2D eigenvalue weighted by Crippen LogP contribution is -2.58. The number of nitrogens with one attached hydrogen (secondary N) is 6. The van der Waals surface area contributed by atoms with Crippen molar-refractivity contribution in [1.29, 1.82) is 0 Å². The van der Waals surface area contributed by atoms with E-state index < -0.39 is 89.9 Å². The molecule has 0 saturated carbocycles. The Bertz CT molecular complexity index is 2000. The summed E-state index contributed by atoms with van der Waals surface area (Å²) in [5, 5.41) is 15.7. The first kappa shape index (κ1) is 71.2. The number of urea groups is 1. The van der Waals surface area contributed by atoms with Gasteiger partial charge >= 0.3 is 12.0 Å². The first-order valence-electron chi connectivity index (χ1n) is 27.3. The molecule has 0 spiro atoms. The smallest absolute Gasteiger partial charge is 0.312 e. The molecule has 8 N–H and O–H groups in total. The summed E-state index contributed by atoms with van der Waals surface area (Å²) in [5.74, 6) is -6.14. The molecule has 28 nitrogen and oxygen atoms in total. The fourth-order valence-electron chi connectivity index (χ4n) is 7.22. The molecule has 1 fully saturated rings. The van der Waals surface area contributed by atoms with Crippen molar-refractivity contribution in [2.45, 2.75) is 84.5 Å². The molecule has 9 amide bonds. The van der Waals surface area contributed by atoms with E-state index in [2.05, 4.69) is 31.9 Å². The third-order valence-electron chi connectivity index (χ3n) is 11.6. The quantitative estimate of drug-likeness (QED) is 0.0242. The highest BCUT2D eigenvalue weighted by Crippen LogP contribution is 2.18. The first-order valence-corrected chi connectivity index (χ1v) is 27.3. The van der Waals surface area contributed by atoms with Gasteiger partial charge < -0.3 is 89.7 Å². The Morgan fingerprint density at radius 1 is 0.593 bits per heavy atom. The maximum Gasteiger partial charge on any atom is 0.312 e. The molecule has 2 rings (SSSR count). The number of nitrogens with two attached hydrogens (primary N) is 1. The molecular weight excluding hydrogens is 1070 g/mol. The Morgan fingerprint density at radius 3 is 1.52 bits per heavy atom. The molecule has 1 aliphatic rings. The van der Waals surface area contributed by atoms with Crippen molar-refractivity contribution in [3.8, 4) is 0 Å². The fraction of sp³-hybridized carbons (Fsp3) is 0.717. The molecule has 0 bridgehead atoms. The van der Waals surface area contributed by atoms with Gasteiger partial charge in [-0.3, -0.25) is 43.3 Å². The van der Waals surface area contributed by atoms with Gasteiger partial charge in [0.2, 0.25) is 41.4 Å². The van der Waals surface area contributed by atoms with Crippen LogP contribution in [0.2, 0.25) is 0 Å². The van der Waals surface area contributed by atoms with Crippen molar-refractivity contribution < 1.29 is 95.3 Å². The third kappa shape index (κ3) is 34.8. The molecule has 460 valence electrons. The van der Waals surface area contributed by atoms with Crippen LogP contribution in [-0.2, 0) is 97.1 Å². The fourth-order valence-corrected chi connectivity index (χ4v) is 7.22. The summed E-state index contributed by atoms with van der Waals surface area (Å²) in [6.45, 7) is 13.2. The van der Waals surface area contributed by atoms with Gasteiger partial charge in [-0.15, -0.1) is 0 Å². The van der Waals surface area contributed by atoms with Crippen molar-refractivity contribution in [3.05, 3.63) is 29.8 Å². The van der Waals surface area contributed by atoms with E-state index in [9.17, 15) is 43.2 Å². The lowest BCUT2D eigenvalue weighted by atomic mass is 10.0. The van der Waals surface area contributed by atoms with E-state index in [1.165, 1.54) is 6.92 Å². The van der Waals surface area contributed by atoms with Crippen LogP contribution in [0.4, 0.5) is 10.5 Å². The second-order valence-corrected chi connectivity index (χ2v) is 18.6. The molecule has 4 atom stereocenters. The minimum atomic E-state index is -1.36. The molecule has 1 aliphatic heterocycles. The number of amides is 9. The van der Waals surface area contributed by atoms with E-state index in [-0.39, 0.29) is 71.6 Å². The molecule has 0 aromatic heterocycles. The van der Waals surface area contributed by atoms with Crippen molar-refractivity contribution in [1.82, 2.24) is 31.5 Å². The SMILES string of the molecule is COCCOCCOCCOCCOCCOCCOCCOCCOCCOCCC(=O)NCC[C@H](NC(=O)CN1C(=O)CC(C)C1=O)C(=O)N[C@H](C(=O)N[C@@H](CCCNC(N)=O)C(=O)Nc1ccc(COC(C)=O)cc1)C(C)C. The van der Waals surface area contributed by atoms with Crippen LogP contribution >= 0.6 is 0 Å². The van der Waals surface area contributed by atoms with Gasteiger partial charge in [-0.25, -0.2) is 4.79 Å². The monoisotopic (exact) mass is 1160 g/mol. The Hall–Kier alpha value is -5.95. The number of carbonyl (C=O) groups excluding carboxylic acids is 9. The number of likely N-dealkylation sites (tertiary alicyclic amines) is 1. The van der Waals surface area contributed by atoms with Gasteiger partial charge in [0.15, 0.2) is 0 Å². The van der Waals surface area contributed by atoms with E-state index in [1.54, 1.807) is 52.1 Å². The van der Waals surface area contributed by atoms with E-state index >= 15 is 0 Å². The van der Waals surface area contributed by atoms with E-state index in [0.717, 1.165) is 4.90 Å². The lowest BCUT2D eigenvalue weighted by Gasteiger charge is -2.27. The molecule has 0 radical (unpaired) electrons. The summed E-state index contributed by atoms with van der Waals surface area (Å²) in [5.41, 5.74) is 6.23. The zero-order valence-electron chi connectivity index (χ0n) is 47.7. The summed E-state index contributed by atoms with van der Waals surface area (Å²) < 4.78 is 59.1. The minimum absolute atomic E-state index is 0.0284. The Labute approximate surface area is 474 Å². The van der Waals surface area contributed by atoms with Gasteiger partial charge in [-0.1, -0.05) is 32.9 Å². The van der Waals surface area contributed by atoms with Crippen molar-refractivity contribution in [2.75, 3.05) is 158 Å². The van der Waals surface area contributed by atoms with E-state index in [0.29, 0.717) is 117 Å². The maximum atomic E-state index is 14.0. The van der Waals surface area contributed by atoms with Crippen LogP contribution in [0.25, 0.3) is 0 Å². The topological polar surface area (TPSA) is 357 Å². The predicted molar refractivity (Wildman–Crippen MR) is 290 cm³/mol. The number of anilines is 1. The largest absolute Gasteiger partial charge is 0.461 e. The van der Waals surface area contributed by atoms with Crippen LogP contribution in [0.3, 0.4) is 0 Å². The van der Waals surface area contributed by atoms with Crippen molar-refractivity contribution >= 4 is 59.0 Å². The molecule has 28 heteroatoms. The molecule has 1 unspecified atom stereocenters. The highest BCUT2D eigenvalue weighted by atomic mass is 16.6. The number of primary amides is 1. The van der Waals surface area contributed by atoms with Crippen molar-refractivity contribution in [3.63, 3.8) is 0 Å². The maximum absolute atomic E-state index is 14.0. The molecule has 0 aliphatic carbocycles. The summed E-state index contributed by atoms with van der Waals surface area (Å²) in [7, 11) is 1.62. The Balaban J connectivity index is 1.75. The van der Waals surface area contributed by atoms with Crippen molar-refractivity contribution in [2.24, 2.45) is 17.6 Å². The number of esters is 1. The zero-order valence-corrected chi connectivity index (χ0v) is 47.7. The number of hydrogen-bond donors (Lipinski definition) is 7. The van der Waals surface area contributed by atoms with Crippen LogP contribution in [-0.4, -0.2) is 229 Å². The number of carbonyl (C=O) groups is 9. The zero-order chi connectivity index (χ0) is 59.5. The second kappa shape index (κ2) is 44.7. The number of rotatable bonds is 49. The third-order valence-corrected chi connectivity index (χ3v) is 11.6. The minimum Gasteiger partial charge on any atom is -0.461 e. The highest BCUT2D eigenvalue weighted by molar-refractivity contribution is 6.06.